The first-order chi connectivity index (χ1) is 15.2. The number of carbonyl (C=O) groups is 3. The van der Waals surface area contributed by atoms with Gasteiger partial charge in [-0.2, -0.15) is 0 Å². The van der Waals surface area contributed by atoms with E-state index in [1.165, 1.54) is 4.90 Å². The van der Waals surface area contributed by atoms with Crippen LogP contribution < -0.4 is 19.7 Å². The molecule has 1 heterocycles. The molecule has 0 spiro atoms. The number of anilines is 1. The van der Waals surface area contributed by atoms with E-state index in [9.17, 15) is 14.4 Å². The number of nitrogens with zero attached hydrogens (tertiary/aromatic N) is 2. The van der Waals surface area contributed by atoms with Crippen LogP contribution in [0.15, 0.2) is 36.4 Å². The van der Waals surface area contributed by atoms with Gasteiger partial charge in [-0.05, 0) is 63.0 Å². The first-order valence-corrected chi connectivity index (χ1v) is 10.5. The molecule has 0 bridgehead atoms. The number of rotatable bonds is 9. The number of ether oxygens (including phenoxy) is 2. The highest BCUT2D eigenvalue weighted by Gasteiger charge is 2.28. The Bertz CT molecular complexity index is 1020. The van der Waals surface area contributed by atoms with Gasteiger partial charge >= 0.3 is 0 Å². The molecule has 3 rings (SSSR count). The van der Waals surface area contributed by atoms with Crippen molar-refractivity contribution < 1.29 is 23.9 Å². The number of fused-ring (bicyclic) bond motifs is 1. The van der Waals surface area contributed by atoms with Crippen molar-refractivity contribution in [3.05, 3.63) is 52.5 Å². The Labute approximate surface area is 192 Å². The molecule has 1 aliphatic heterocycles. The molecule has 8 nitrogen and oxygen atoms in total. The van der Waals surface area contributed by atoms with E-state index >= 15 is 0 Å². The van der Waals surface area contributed by atoms with Crippen LogP contribution in [-0.4, -0.2) is 69.4 Å². The summed E-state index contributed by atoms with van der Waals surface area (Å²) in [7, 11) is 3.81. The summed E-state index contributed by atoms with van der Waals surface area (Å²) in [4.78, 5) is 40.7. The van der Waals surface area contributed by atoms with Gasteiger partial charge in [0.05, 0.1) is 5.69 Å². The molecule has 32 heavy (non-hydrogen) atoms. The van der Waals surface area contributed by atoms with Gasteiger partial charge in [0.2, 0.25) is 5.91 Å². The highest BCUT2D eigenvalue weighted by molar-refractivity contribution is 6.31. The van der Waals surface area contributed by atoms with E-state index in [-0.39, 0.29) is 37.4 Å². The van der Waals surface area contributed by atoms with Crippen molar-refractivity contribution in [2.75, 3.05) is 51.8 Å². The molecule has 2 aromatic rings. The van der Waals surface area contributed by atoms with Crippen LogP contribution in [0.1, 0.15) is 15.9 Å². The summed E-state index contributed by atoms with van der Waals surface area (Å²) in [6.07, 6.45) is 0. The SMILES string of the molecule is Cc1cc(OCC(=O)c2ccc3c(c2)N(CC(=O)NCCN(C)C)C(=O)CO3)ccc1Cl. The molecular weight excluding hydrogens is 434 g/mol. The average molecular weight is 460 g/mol. The second-order valence-corrected chi connectivity index (χ2v) is 8.13. The molecular formula is C23H26ClN3O5. The molecule has 2 amide bonds. The number of carbonyl (C=O) groups excluding carboxylic acids is 3. The minimum Gasteiger partial charge on any atom is -0.485 e. The summed E-state index contributed by atoms with van der Waals surface area (Å²) in [6, 6.07) is 9.95. The lowest BCUT2D eigenvalue weighted by atomic mass is 10.1. The molecule has 0 atom stereocenters. The van der Waals surface area contributed by atoms with Gasteiger partial charge in [-0.15, -0.1) is 0 Å². The van der Waals surface area contributed by atoms with Crippen molar-refractivity contribution in [2.24, 2.45) is 0 Å². The third kappa shape index (κ3) is 5.99. The predicted molar refractivity (Wildman–Crippen MR) is 122 cm³/mol. The fourth-order valence-electron chi connectivity index (χ4n) is 3.11. The lowest BCUT2D eigenvalue weighted by Gasteiger charge is -2.29. The highest BCUT2D eigenvalue weighted by atomic mass is 35.5. The lowest BCUT2D eigenvalue weighted by Crippen LogP contribution is -2.46. The molecule has 2 aromatic carbocycles. The van der Waals surface area contributed by atoms with E-state index in [1.807, 2.05) is 25.9 Å². The van der Waals surface area contributed by atoms with Crippen molar-refractivity contribution in [1.29, 1.82) is 0 Å². The van der Waals surface area contributed by atoms with E-state index < -0.39 is 0 Å². The highest BCUT2D eigenvalue weighted by Crippen LogP contribution is 2.33. The van der Waals surface area contributed by atoms with Crippen molar-refractivity contribution in [3.63, 3.8) is 0 Å². The summed E-state index contributed by atoms with van der Waals surface area (Å²) in [5.74, 6) is 0.0713. The van der Waals surface area contributed by atoms with E-state index in [0.29, 0.717) is 40.9 Å². The third-order valence-corrected chi connectivity index (χ3v) is 5.33. The summed E-state index contributed by atoms with van der Waals surface area (Å²) < 4.78 is 11.1. The summed E-state index contributed by atoms with van der Waals surface area (Å²) >= 11 is 6.01. The van der Waals surface area contributed by atoms with Gasteiger partial charge in [0.15, 0.2) is 19.0 Å². The van der Waals surface area contributed by atoms with E-state index in [1.54, 1.807) is 36.4 Å². The zero-order chi connectivity index (χ0) is 23.3. The number of hydrogen-bond acceptors (Lipinski definition) is 6. The smallest absolute Gasteiger partial charge is 0.265 e. The summed E-state index contributed by atoms with van der Waals surface area (Å²) in [5.41, 5.74) is 1.59. The minimum absolute atomic E-state index is 0.152. The predicted octanol–water partition coefficient (Wildman–Crippen LogP) is 2.31. The second kappa shape index (κ2) is 10.5. The van der Waals surface area contributed by atoms with Crippen LogP contribution in [0, 0.1) is 6.92 Å². The summed E-state index contributed by atoms with van der Waals surface area (Å²) in [5, 5.41) is 3.40. The van der Waals surface area contributed by atoms with Crippen LogP contribution in [-0.2, 0) is 9.59 Å². The molecule has 0 fully saturated rings. The quantitative estimate of drug-likeness (QED) is 0.579. The second-order valence-electron chi connectivity index (χ2n) is 7.73. The number of benzene rings is 2. The molecule has 0 radical (unpaired) electrons. The van der Waals surface area contributed by atoms with E-state index in [4.69, 9.17) is 21.1 Å². The number of halogens is 1. The molecule has 1 N–H and O–H groups in total. The number of aryl methyl sites for hydroxylation is 1. The number of nitrogens with one attached hydrogen (secondary N) is 1. The molecule has 170 valence electrons. The van der Waals surface area contributed by atoms with Gasteiger partial charge in [-0.1, -0.05) is 11.6 Å². The number of ketones is 1. The maximum Gasteiger partial charge on any atom is 0.265 e. The van der Waals surface area contributed by atoms with Crippen LogP contribution in [0.25, 0.3) is 0 Å². The largest absolute Gasteiger partial charge is 0.485 e. The Morgan fingerprint density at radius 2 is 2.00 bits per heavy atom. The first kappa shape index (κ1) is 23.6. The first-order valence-electron chi connectivity index (χ1n) is 10.2. The molecule has 9 heteroatoms. The van der Waals surface area contributed by atoms with Crippen molar-refractivity contribution in [3.8, 4) is 11.5 Å². The molecule has 0 aliphatic carbocycles. The van der Waals surface area contributed by atoms with Crippen LogP contribution in [0.3, 0.4) is 0 Å². The Kier molecular flexibility index (Phi) is 7.71. The van der Waals surface area contributed by atoms with Gasteiger partial charge in [-0.25, -0.2) is 0 Å². The van der Waals surface area contributed by atoms with Crippen LogP contribution >= 0.6 is 11.6 Å². The maximum absolute atomic E-state index is 12.7. The van der Waals surface area contributed by atoms with Gasteiger partial charge in [-0.3, -0.25) is 19.3 Å². The zero-order valence-corrected chi connectivity index (χ0v) is 19.1. The normalized spacial score (nSPS) is 12.9. The Morgan fingerprint density at radius 1 is 1.22 bits per heavy atom. The monoisotopic (exact) mass is 459 g/mol. The fourth-order valence-corrected chi connectivity index (χ4v) is 3.22. The topological polar surface area (TPSA) is 88.2 Å². The molecule has 0 aromatic heterocycles. The zero-order valence-electron chi connectivity index (χ0n) is 18.3. The third-order valence-electron chi connectivity index (χ3n) is 4.91. The minimum atomic E-state index is -0.349. The van der Waals surface area contributed by atoms with Gasteiger partial charge in [0.25, 0.3) is 5.91 Å². The van der Waals surface area contributed by atoms with Crippen molar-refractivity contribution in [2.45, 2.75) is 6.92 Å². The van der Waals surface area contributed by atoms with Gasteiger partial charge in [0, 0.05) is 23.7 Å². The standard InChI is InChI=1S/C23H26ClN3O5/c1-15-10-17(5-6-18(15)24)31-13-20(28)16-4-7-21-19(11-16)27(23(30)14-32-21)12-22(29)25-8-9-26(2)3/h4-7,10-11H,8-9,12-14H2,1-3H3,(H,25,29). The van der Waals surface area contributed by atoms with Crippen molar-refractivity contribution in [1.82, 2.24) is 10.2 Å². The maximum atomic E-state index is 12.7. The molecule has 1 aliphatic rings. The van der Waals surface area contributed by atoms with Crippen LogP contribution in [0.4, 0.5) is 5.69 Å². The molecule has 0 saturated heterocycles. The number of Topliss-reactive ketones (excluding diaryl/α,β-unsaturated/α-hetero) is 1. The Hall–Kier alpha value is -3.10. The van der Waals surface area contributed by atoms with Crippen molar-refractivity contribution >= 4 is 34.9 Å². The van der Waals surface area contributed by atoms with Gasteiger partial charge in [0.1, 0.15) is 18.0 Å². The Balaban J connectivity index is 1.69. The van der Waals surface area contributed by atoms with Crippen LogP contribution in [0.2, 0.25) is 5.02 Å². The number of likely N-dealkylation sites (N-methyl/N-ethyl adjacent to an activating group) is 1. The van der Waals surface area contributed by atoms with Crippen LogP contribution in [0.5, 0.6) is 11.5 Å². The number of amides is 2. The number of hydrogen-bond donors (Lipinski definition) is 1. The van der Waals surface area contributed by atoms with E-state index in [0.717, 1.165) is 5.56 Å². The molecule has 0 saturated carbocycles. The fraction of sp³-hybridized carbons (Fsp3) is 0.348. The summed E-state index contributed by atoms with van der Waals surface area (Å²) in [6.45, 7) is 2.51. The van der Waals surface area contributed by atoms with Gasteiger partial charge < -0.3 is 19.7 Å². The Morgan fingerprint density at radius 3 is 2.72 bits per heavy atom. The average Bonchev–Trinajstić information content (AvgIpc) is 2.75. The van der Waals surface area contributed by atoms with E-state index in [2.05, 4.69) is 5.32 Å². The molecule has 0 unspecified atom stereocenters. The lowest BCUT2D eigenvalue weighted by molar-refractivity contribution is -0.125.